The lowest BCUT2D eigenvalue weighted by atomic mass is 9.92. The van der Waals surface area contributed by atoms with Crippen molar-refractivity contribution in [3.63, 3.8) is 0 Å². The highest BCUT2D eigenvalue weighted by Crippen LogP contribution is 2.40. The highest BCUT2D eigenvalue weighted by Gasteiger charge is 2.58. The molecule has 7 nitrogen and oxygen atoms in total. The van der Waals surface area contributed by atoms with Gasteiger partial charge < -0.3 is 14.3 Å². The number of nitrogens with zero attached hydrogens (tertiary/aromatic N) is 2. The number of oxime groups is 1. The molecule has 0 aliphatic carbocycles. The fourth-order valence-corrected chi connectivity index (χ4v) is 4.15. The molecule has 1 spiro atoms. The molecule has 2 aliphatic rings. The van der Waals surface area contributed by atoms with Crippen molar-refractivity contribution in [2.75, 3.05) is 19.1 Å². The molecule has 0 aromatic heterocycles. The molecule has 0 saturated carbocycles. The predicted octanol–water partition coefficient (Wildman–Crippen LogP) is 3.68. The van der Waals surface area contributed by atoms with Crippen LogP contribution in [-0.4, -0.2) is 37.3 Å². The zero-order valence-electron chi connectivity index (χ0n) is 17.1. The number of hydrogen-bond donors (Lipinski definition) is 0. The van der Waals surface area contributed by atoms with Gasteiger partial charge in [-0.25, -0.2) is 4.90 Å². The molecule has 0 bridgehead atoms. The van der Waals surface area contributed by atoms with Crippen LogP contribution in [0.1, 0.15) is 18.4 Å². The fraction of sp³-hybridized carbons (Fsp3) is 0.208. The van der Waals surface area contributed by atoms with Gasteiger partial charge in [0, 0.05) is 12.0 Å². The number of amides is 2. The lowest BCUT2D eigenvalue weighted by molar-refractivity contribution is -0.136. The minimum atomic E-state index is -1.31. The lowest BCUT2D eigenvalue weighted by Crippen LogP contribution is -2.40. The first-order valence-electron chi connectivity index (χ1n) is 9.88. The summed E-state index contributed by atoms with van der Waals surface area (Å²) >= 11 is 0. The summed E-state index contributed by atoms with van der Waals surface area (Å²) in [5.74, 6) is 0.446. The number of rotatable bonds is 4. The Morgan fingerprint density at radius 1 is 0.903 bits per heavy atom. The molecule has 0 N–H and O–H groups in total. The van der Waals surface area contributed by atoms with E-state index >= 15 is 0 Å². The first kappa shape index (κ1) is 19.1. The SMILES string of the molecule is COc1ccc(C2=NOC3(CC(=O)N(c4ccc5ccccc5c4)C3=O)C2)cc1OC. The topological polar surface area (TPSA) is 77.4 Å². The average Bonchev–Trinajstić information content (AvgIpc) is 3.33. The van der Waals surface area contributed by atoms with Crippen LogP contribution >= 0.6 is 0 Å². The van der Waals surface area contributed by atoms with Gasteiger partial charge in [0.15, 0.2) is 11.5 Å². The Labute approximate surface area is 178 Å². The van der Waals surface area contributed by atoms with Crippen molar-refractivity contribution in [1.82, 2.24) is 0 Å². The Morgan fingerprint density at radius 2 is 1.68 bits per heavy atom. The van der Waals surface area contributed by atoms with Gasteiger partial charge in [-0.1, -0.05) is 35.5 Å². The molecule has 1 saturated heterocycles. The van der Waals surface area contributed by atoms with E-state index in [1.54, 1.807) is 32.4 Å². The molecule has 0 radical (unpaired) electrons. The Kier molecular flexibility index (Phi) is 4.39. The first-order valence-corrected chi connectivity index (χ1v) is 9.88. The average molecular weight is 416 g/mol. The van der Waals surface area contributed by atoms with E-state index in [1.165, 1.54) is 4.90 Å². The molecule has 1 atom stereocenters. The minimum Gasteiger partial charge on any atom is -0.493 e. The summed E-state index contributed by atoms with van der Waals surface area (Å²) < 4.78 is 10.6. The predicted molar refractivity (Wildman–Crippen MR) is 116 cm³/mol. The van der Waals surface area contributed by atoms with Crippen LogP contribution in [-0.2, 0) is 14.4 Å². The maximum Gasteiger partial charge on any atom is 0.281 e. The zero-order valence-corrected chi connectivity index (χ0v) is 17.1. The second kappa shape index (κ2) is 7.12. The Balaban J connectivity index is 1.43. The molecular weight excluding hydrogens is 396 g/mol. The van der Waals surface area contributed by atoms with E-state index in [2.05, 4.69) is 5.16 Å². The molecule has 2 amide bonds. The first-order chi connectivity index (χ1) is 15.0. The molecule has 1 fully saturated rings. The lowest BCUT2D eigenvalue weighted by Gasteiger charge is -2.19. The van der Waals surface area contributed by atoms with Gasteiger partial charge in [-0.15, -0.1) is 0 Å². The summed E-state index contributed by atoms with van der Waals surface area (Å²) in [5.41, 5.74) is 0.556. The third-order valence-corrected chi connectivity index (χ3v) is 5.77. The van der Waals surface area contributed by atoms with Crippen molar-refractivity contribution >= 4 is 34.0 Å². The smallest absolute Gasteiger partial charge is 0.281 e. The Bertz CT molecular complexity index is 1250. The molecule has 5 rings (SSSR count). The maximum absolute atomic E-state index is 13.3. The van der Waals surface area contributed by atoms with Crippen molar-refractivity contribution in [2.45, 2.75) is 18.4 Å². The van der Waals surface area contributed by atoms with Crippen LogP contribution in [0.4, 0.5) is 5.69 Å². The third-order valence-electron chi connectivity index (χ3n) is 5.77. The van der Waals surface area contributed by atoms with Gasteiger partial charge in [-0.2, -0.15) is 0 Å². The number of anilines is 1. The number of benzene rings is 3. The largest absolute Gasteiger partial charge is 0.493 e. The number of fused-ring (bicyclic) bond motifs is 1. The van der Waals surface area contributed by atoms with Gasteiger partial charge in [0.05, 0.1) is 32.0 Å². The summed E-state index contributed by atoms with van der Waals surface area (Å²) in [6, 6.07) is 18.7. The van der Waals surface area contributed by atoms with Gasteiger partial charge in [0.25, 0.3) is 5.91 Å². The van der Waals surface area contributed by atoms with Crippen LogP contribution in [0.3, 0.4) is 0 Å². The Hall–Kier alpha value is -3.87. The van der Waals surface area contributed by atoms with E-state index in [0.29, 0.717) is 22.9 Å². The number of carbonyl (C=O) groups is 2. The third kappa shape index (κ3) is 3.01. The zero-order chi connectivity index (χ0) is 21.6. The summed E-state index contributed by atoms with van der Waals surface area (Å²) in [5, 5.41) is 6.15. The molecular formula is C24H20N2O5. The minimum absolute atomic E-state index is 0.0566. The van der Waals surface area contributed by atoms with E-state index in [0.717, 1.165) is 16.3 Å². The molecule has 1 unspecified atom stereocenters. The second-order valence-electron chi connectivity index (χ2n) is 7.61. The number of ether oxygens (including phenoxy) is 2. The van der Waals surface area contributed by atoms with Crippen molar-refractivity contribution in [3.8, 4) is 11.5 Å². The van der Waals surface area contributed by atoms with E-state index in [9.17, 15) is 9.59 Å². The van der Waals surface area contributed by atoms with Crippen molar-refractivity contribution in [1.29, 1.82) is 0 Å². The highest BCUT2D eigenvalue weighted by atomic mass is 16.7. The van der Waals surface area contributed by atoms with E-state index in [-0.39, 0.29) is 18.7 Å². The molecule has 2 aliphatic heterocycles. The van der Waals surface area contributed by atoms with Crippen LogP contribution in [0.5, 0.6) is 11.5 Å². The molecule has 156 valence electrons. The maximum atomic E-state index is 13.3. The number of imide groups is 1. The summed E-state index contributed by atoms with van der Waals surface area (Å²) in [7, 11) is 3.11. The number of methoxy groups -OCH3 is 2. The Morgan fingerprint density at radius 3 is 2.45 bits per heavy atom. The van der Waals surface area contributed by atoms with Crippen molar-refractivity contribution < 1.29 is 23.9 Å². The van der Waals surface area contributed by atoms with Crippen LogP contribution in [0.2, 0.25) is 0 Å². The van der Waals surface area contributed by atoms with E-state index in [1.807, 2.05) is 42.5 Å². The molecule has 31 heavy (non-hydrogen) atoms. The second-order valence-corrected chi connectivity index (χ2v) is 7.61. The number of hydrogen-bond acceptors (Lipinski definition) is 6. The van der Waals surface area contributed by atoms with Crippen LogP contribution in [0, 0.1) is 0 Å². The van der Waals surface area contributed by atoms with Crippen molar-refractivity contribution in [3.05, 3.63) is 66.2 Å². The summed E-state index contributed by atoms with van der Waals surface area (Å²) in [4.78, 5) is 33.0. The van der Waals surface area contributed by atoms with Gasteiger partial charge in [0.1, 0.15) is 0 Å². The molecule has 2 heterocycles. The summed E-state index contributed by atoms with van der Waals surface area (Å²) in [6.45, 7) is 0. The van der Waals surface area contributed by atoms with E-state index in [4.69, 9.17) is 14.3 Å². The molecule has 7 heteroatoms. The van der Waals surface area contributed by atoms with Crippen LogP contribution in [0.15, 0.2) is 65.8 Å². The standard InChI is InChI=1S/C24H20N2O5/c1-29-20-10-8-17(12-21(20)30-2)19-13-24(31-25-19)14-22(27)26(23(24)28)18-9-7-15-5-3-4-6-16(15)11-18/h3-12H,13-14H2,1-2H3. The number of carbonyl (C=O) groups excluding carboxylic acids is 2. The monoisotopic (exact) mass is 416 g/mol. The van der Waals surface area contributed by atoms with Gasteiger partial charge >= 0.3 is 0 Å². The van der Waals surface area contributed by atoms with Crippen molar-refractivity contribution in [2.24, 2.45) is 5.16 Å². The fourth-order valence-electron chi connectivity index (χ4n) is 4.15. The van der Waals surface area contributed by atoms with Crippen LogP contribution < -0.4 is 14.4 Å². The molecule has 3 aromatic rings. The van der Waals surface area contributed by atoms with Gasteiger partial charge in [-0.3, -0.25) is 9.59 Å². The summed E-state index contributed by atoms with van der Waals surface area (Å²) in [6.07, 6.45) is 0.149. The van der Waals surface area contributed by atoms with Crippen LogP contribution in [0.25, 0.3) is 10.8 Å². The van der Waals surface area contributed by atoms with Gasteiger partial charge in [0.2, 0.25) is 11.5 Å². The quantitative estimate of drug-likeness (QED) is 0.607. The highest BCUT2D eigenvalue weighted by molar-refractivity contribution is 6.26. The normalized spacial score (nSPS) is 20.3. The van der Waals surface area contributed by atoms with Gasteiger partial charge in [-0.05, 0) is 41.1 Å². The van der Waals surface area contributed by atoms with E-state index < -0.39 is 11.5 Å². The molecule has 3 aromatic carbocycles.